The van der Waals surface area contributed by atoms with Gasteiger partial charge in [0.2, 0.25) is 0 Å². The average Bonchev–Trinajstić information content (AvgIpc) is 2.68. The standard InChI is InChI=1S/C16H26N2/c1-13-10-15(11-18(13)4)17-12-16(2,3)14-8-6-5-7-9-14/h5-9,13,15,17H,10-12H2,1-4H3. The van der Waals surface area contributed by atoms with Crippen LogP contribution in [0, 0.1) is 0 Å². The number of rotatable bonds is 4. The van der Waals surface area contributed by atoms with Crippen LogP contribution in [0.5, 0.6) is 0 Å². The molecule has 1 N–H and O–H groups in total. The summed E-state index contributed by atoms with van der Waals surface area (Å²) in [6, 6.07) is 12.2. The van der Waals surface area contributed by atoms with Gasteiger partial charge in [0.1, 0.15) is 0 Å². The zero-order valence-electron chi connectivity index (χ0n) is 12.1. The lowest BCUT2D eigenvalue weighted by Crippen LogP contribution is -2.40. The van der Waals surface area contributed by atoms with Gasteiger partial charge in [-0.1, -0.05) is 44.2 Å². The van der Waals surface area contributed by atoms with Crippen LogP contribution in [0.2, 0.25) is 0 Å². The Morgan fingerprint density at radius 2 is 1.94 bits per heavy atom. The first kappa shape index (κ1) is 13.6. The lowest BCUT2D eigenvalue weighted by atomic mass is 9.84. The van der Waals surface area contributed by atoms with Gasteiger partial charge in [0.05, 0.1) is 0 Å². The second-order valence-electron chi connectivity index (χ2n) is 6.35. The number of nitrogens with one attached hydrogen (secondary N) is 1. The Morgan fingerprint density at radius 3 is 2.50 bits per heavy atom. The first-order valence-corrected chi connectivity index (χ1v) is 6.98. The Balaban J connectivity index is 1.90. The molecule has 1 fully saturated rings. The van der Waals surface area contributed by atoms with E-state index < -0.39 is 0 Å². The molecule has 0 spiro atoms. The van der Waals surface area contributed by atoms with E-state index in [0.717, 1.165) is 6.54 Å². The van der Waals surface area contributed by atoms with E-state index in [1.54, 1.807) is 0 Å². The number of benzene rings is 1. The van der Waals surface area contributed by atoms with E-state index in [4.69, 9.17) is 0 Å². The average molecular weight is 246 g/mol. The van der Waals surface area contributed by atoms with Crippen molar-refractivity contribution in [3.8, 4) is 0 Å². The summed E-state index contributed by atoms with van der Waals surface area (Å²) < 4.78 is 0. The number of hydrogen-bond acceptors (Lipinski definition) is 2. The minimum absolute atomic E-state index is 0.200. The molecule has 0 radical (unpaired) electrons. The van der Waals surface area contributed by atoms with Crippen LogP contribution in [0.25, 0.3) is 0 Å². The molecule has 1 heterocycles. The van der Waals surface area contributed by atoms with E-state index in [1.807, 2.05) is 0 Å². The molecule has 2 nitrogen and oxygen atoms in total. The predicted octanol–water partition coefficient (Wildman–Crippen LogP) is 2.65. The van der Waals surface area contributed by atoms with Crippen LogP contribution >= 0.6 is 0 Å². The van der Waals surface area contributed by atoms with Crippen molar-refractivity contribution in [2.75, 3.05) is 20.1 Å². The zero-order valence-corrected chi connectivity index (χ0v) is 12.1. The Labute approximate surface area is 111 Å². The molecule has 1 aliphatic rings. The molecule has 1 aromatic rings. The van der Waals surface area contributed by atoms with E-state index in [9.17, 15) is 0 Å². The first-order chi connectivity index (χ1) is 8.49. The van der Waals surface area contributed by atoms with Gasteiger partial charge in [-0.3, -0.25) is 0 Å². The van der Waals surface area contributed by atoms with Crippen molar-refractivity contribution in [2.24, 2.45) is 0 Å². The Bertz CT molecular complexity index is 362. The molecule has 0 aliphatic carbocycles. The zero-order chi connectivity index (χ0) is 13.2. The quantitative estimate of drug-likeness (QED) is 0.878. The monoisotopic (exact) mass is 246 g/mol. The molecule has 18 heavy (non-hydrogen) atoms. The third-order valence-electron chi connectivity index (χ3n) is 4.27. The van der Waals surface area contributed by atoms with E-state index in [0.29, 0.717) is 12.1 Å². The van der Waals surface area contributed by atoms with Crippen LogP contribution in [0.15, 0.2) is 30.3 Å². The third kappa shape index (κ3) is 3.12. The van der Waals surface area contributed by atoms with Gasteiger partial charge in [-0.2, -0.15) is 0 Å². The lowest BCUT2D eigenvalue weighted by molar-refractivity contribution is 0.325. The van der Waals surface area contributed by atoms with Gasteiger partial charge in [0.25, 0.3) is 0 Å². The highest BCUT2D eigenvalue weighted by atomic mass is 15.2. The third-order valence-corrected chi connectivity index (χ3v) is 4.27. The van der Waals surface area contributed by atoms with Crippen molar-refractivity contribution in [1.29, 1.82) is 0 Å². The molecule has 2 unspecified atom stereocenters. The fourth-order valence-corrected chi connectivity index (χ4v) is 2.73. The van der Waals surface area contributed by atoms with Gasteiger partial charge in [0.15, 0.2) is 0 Å². The molecular weight excluding hydrogens is 220 g/mol. The predicted molar refractivity (Wildman–Crippen MR) is 78.0 cm³/mol. The highest BCUT2D eigenvalue weighted by molar-refractivity contribution is 5.23. The molecule has 1 aliphatic heterocycles. The summed E-state index contributed by atoms with van der Waals surface area (Å²) in [4.78, 5) is 2.44. The maximum atomic E-state index is 3.74. The van der Waals surface area contributed by atoms with Gasteiger partial charge < -0.3 is 10.2 Å². The molecule has 1 aromatic carbocycles. The van der Waals surface area contributed by atoms with E-state index in [1.165, 1.54) is 18.5 Å². The summed E-state index contributed by atoms with van der Waals surface area (Å²) in [6.07, 6.45) is 1.27. The van der Waals surface area contributed by atoms with Gasteiger partial charge >= 0.3 is 0 Å². The van der Waals surface area contributed by atoms with E-state index in [-0.39, 0.29) is 5.41 Å². The fourth-order valence-electron chi connectivity index (χ4n) is 2.73. The minimum atomic E-state index is 0.200. The Kier molecular flexibility index (Phi) is 4.08. The topological polar surface area (TPSA) is 15.3 Å². The Morgan fingerprint density at radius 1 is 1.28 bits per heavy atom. The molecule has 2 heteroatoms. The maximum Gasteiger partial charge on any atom is 0.0210 e. The summed E-state index contributed by atoms with van der Waals surface area (Å²) in [5.74, 6) is 0. The maximum absolute atomic E-state index is 3.74. The van der Waals surface area contributed by atoms with Crippen LogP contribution < -0.4 is 5.32 Å². The van der Waals surface area contributed by atoms with Crippen LogP contribution in [0.3, 0.4) is 0 Å². The smallest absolute Gasteiger partial charge is 0.0210 e. The first-order valence-electron chi connectivity index (χ1n) is 6.98. The van der Waals surface area contributed by atoms with E-state index >= 15 is 0 Å². The summed E-state index contributed by atoms with van der Waals surface area (Å²) in [7, 11) is 2.22. The van der Waals surface area contributed by atoms with Crippen LogP contribution in [0.4, 0.5) is 0 Å². The van der Waals surface area contributed by atoms with Gasteiger partial charge in [-0.15, -0.1) is 0 Å². The molecule has 2 rings (SSSR count). The fraction of sp³-hybridized carbons (Fsp3) is 0.625. The van der Waals surface area contributed by atoms with Gasteiger partial charge in [-0.05, 0) is 26.0 Å². The van der Waals surface area contributed by atoms with Crippen LogP contribution in [-0.2, 0) is 5.41 Å². The van der Waals surface area contributed by atoms with Crippen molar-refractivity contribution >= 4 is 0 Å². The Hall–Kier alpha value is -0.860. The normalized spacial score (nSPS) is 25.6. The second kappa shape index (κ2) is 5.41. The number of nitrogens with zero attached hydrogens (tertiary/aromatic N) is 1. The van der Waals surface area contributed by atoms with Crippen LogP contribution in [-0.4, -0.2) is 37.1 Å². The summed E-state index contributed by atoms with van der Waals surface area (Å²) in [5.41, 5.74) is 1.61. The van der Waals surface area contributed by atoms with E-state index in [2.05, 4.69) is 68.4 Å². The SMILES string of the molecule is CC1CC(NCC(C)(C)c2ccccc2)CN1C. The molecule has 1 saturated heterocycles. The summed E-state index contributed by atoms with van der Waals surface area (Å²) >= 11 is 0. The van der Waals surface area contributed by atoms with Crippen molar-refractivity contribution in [2.45, 2.75) is 44.7 Å². The lowest BCUT2D eigenvalue weighted by Gasteiger charge is -2.27. The number of likely N-dealkylation sites (N-methyl/N-ethyl adjacent to an activating group) is 1. The molecule has 2 atom stereocenters. The molecule has 100 valence electrons. The van der Waals surface area contributed by atoms with Gasteiger partial charge in [0, 0.05) is 30.6 Å². The summed E-state index contributed by atoms with van der Waals surface area (Å²) in [6.45, 7) is 9.16. The molecule has 0 saturated carbocycles. The van der Waals surface area contributed by atoms with Crippen LogP contribution in [0.1, 0.15) is 32.8 Å². The van der Waals surface area contributed by atoms with Crippen molar-refractivity contribution in [3.63, 3.8) is 0 Å². The second-order valence-corrected chi connectivity index (χ2v) is 6.35. The number of likely N-dealkylation sites (tertiary alicyclic amines) is 1. The summed E-state index contributed by atoms with van der Waals surface area (Å²) in [5, 5.41) is 3.74. The molecule has 0 amide bonds. The van der Waals surface area contributed by atoms with Crippen molar-refractivity contribution in [3.05, 3.63) is 35.9 Å². The molecule has 0 bridgehead atoms. The highest BCUT2D eigenvalue weighted by Gasteiger charge is 2.28. The van der Waals surface area contributed by atoms with Crippen molar-refractivity contribution in [1.82, 2.24) is 10.2 Å². The highest BCUT2D eigenvalue weighted by Crippen LogP contribution is 2.23. The largest absolute Gasteiger partial charge is 0.312 e. The molecule has 0 aromatic heterocycles. The minimum Gasteiger partial charge on any atom is -0.312 e. The van der Waals surface area contributed by atoms with Gasteiger partial charge in [-0.25, -0.2) is 0 Å². The molecular formula is C16H26N2. The van der Waals surface area contributed by atoms with Crippen molar-refractivity contribution < 1.29 is 0 Å². The number of hydrogen-bond donors (Lipinski definition) is 1.